The van der Waals surface area contributed by atoms with Crippen molar-refractivity contribution < 1.29 is 0 Å². The molecule has 0 radical (unpaired) electrons. The van der Waals surface area contributed by atoms with Gasteiger partial charge in [0.1, 0.15) is 10.0 Å². The van der Waals surface area contributed by atoms with E-state index in [2.05, 4.69) is 76.2 Å². The summed E-state index contributed by atoms with van der Waals surface area (Å²) in [6.45, 7) is 5.31. The zero-order valence-electron chi connectivity index (χ0n) is 10.5. The van der Waals surface area contributed by atoms with E-state index in [0.29, 0.717) is 0 Å². The molecule has 0 saturated carbocycles. The lowest BCUT2D eigenvalue weighted by molar-refractivity contribution is 0.564. The summed E-state index contributed by atoms with van der Waals surface area (Å²) >= 11 is 3.97. The van der Waals surface area contributed by atoms with Crippen LogP contribution in [-0.2, 0) is 0 Å². The van der Waals surface area contributed by atoms with Crippen LogP contribution in [0.3, 0.4) is 0 Å². The van der Waals surface area contributed by atoms with Gasteiger partial charge >= 0.3 is 0 Å². The van der Waals surface area contributed by atoms with Gasteiger partial charge in [0.15, 0.2) is 0 Å². The van der Waals surface area contributed by atoms with Crippen molar-refractivity contribution in [3.8, 4) is 10.6 Å². The Bertz CT molecular complexity index is 495. The lowest BCUT2D eigenvalue weighted by atomic mass is 10.2. The molecule has 18 heavy (non-hydrogen) atoms. The molecular formula is C13H16IN3S. The molecule has 0 saturated heterocycles. The summed E-state index contributed by atoms with van der Waals surface area (Å²) in [7, 11) is 0. The molecule has 3 nitrogen and oxygen atoms in total. The van der Waals surface area contributed by atoms with Gasteiger partial charge in [-0.3, -0.25) is 0 Å². The number of halogens is 1. The summed E-state index contributed by atoms with van der Waals surface area (Å²) in [5, 5.41) is 14.0. The number of benzene rings is 1. The number of nitrogens with one attached hydrogen (secondary N) is 1. The average Bonchev–Trinajstić information content (AvgIpc) is 2.86. The number of rotatable bonds is 5. The second kappa shape index (κ2) is 6.58. The zero-order valence-corrected chi connectivity index (χ0v) is 13.5. The van der Waals surface area contributed by atoms with E-state index in [1.165, 1.54) is 3.57 Å². The van der Waals surface area contributed by atoms with Gasteiger partial charge in [-0.25, -0.2) is 0 Å². The normalized spacial score (nSPS) is 12.6. The first-order valence-corrected chi connectivity index (χ1v) is 7.93. The Labute approximate surface area is 125 Å². The van der Waals surface area contributed by atoms with Crippen molar-refractivity contribution in [3.63, 3.8) is 0 Å². The molecule has 1 unspecified atom stereocenters. The standard InChI is InChI=1S/C13H16IN3S/c1-3-8-15-9(2)12-16-17-13(18-12)10-4-6-11(14)7-5-10/h4-7,9,15H,3,8H2,1-2H3. The molecule has 2 rings (SSSR count). The maximum Gasteiger partial charge on any atom is 0.147 e. The smallest absolute Gasteiger partial charge is 0.147 e. The van der Waals surface area contributed by atoms with E-state index in [-0.39, 0.29) is 6.04 Å². The van der Waals surface area contributed by atoms with E-state index in [9.17, 15) is 0 Å². The number of hydrogen-bond donors (Lipinski definition) is 1. The molecule has 1 aromatic heterocycles. The first kappa shape index (κ1) is 13.9. The summed E-state index contributed by atoms with van der Waals surface area (Å²) in [4.78, 5) is 0. The lowest BCUT2D eigenvalue weighted by Crippen LogP contribution is -2.18. The number of hydrogen-bond acceptors (Lipinski definition) is 4. The Morgan fingerprint density at radius 2 is 2.00 bits per heavy atom. The van der Waals surface area contributed by atoms with E-state index < -0.39 is 0 Å². The molecule has 0 aliphatic heterocycles. The minimum atomic E-state index is 0.278. The van der Waals surface area contributed by atoms with Crippen LogP contribution < -0.4 is 5.32 Å². The van der Waals surface area contributed by atoms with Crippen molar-refractivity contribution >= 4 is 33.9 Å². The van der Waals surface area contributed by atoms with E-state index in [4.69, 9.17) is 0 Å². The van der Waals surface area contributed by atoms with Crippen LogP contribution in [0.1, 0.15) is 31.3 Å². The van der Waals surface area contributed by atoms with Crippen LogP contribution >= 0.6 is 33.9 Å². The Kier molecular flexibility index (Phi) is 5.08. The van der Waals surface area contributed by atoms with Crippen molar-refractivity contribution in [2.75, 3.05) is 6.54 Å². The van der Waals surface area contributed by atoms with Gasteiger partial charge < -0.3 is 5.32 Å². The molecule has 0 aliphatic carbocycles. The lowest BCUT2D eigenvalue weighted by Gasteiger charge is -2.08. The Morgan fingerprint density at radius 1 is 1.28 bits per heavy atom. The summed E-state index contributed by atoms with van der Waals surface area (Å²) in [6, 6.07) is 8.65. The van der Waals surface area contributed by atoms with Crippen molar-refractivity contribution in [1.29, 1.82) is 0 Å². The monoisotopic (exact) mass is 373 g/mol. The fourth-order valence-electron chi connectivity index (χ4n) is 1.57. The molecule has 2 aromatic rings. The third-order valence-corrected chi connectivity index (χ3v) is 4.48. The maximum atomic E-state index is 4.27. The molecule has 0 aliphatic rings. The highest BCUT2D eigenvalue weighted by Gasteiger charge is 2.12. The molecule has 5 heteroatoms. The van der Waals surface area contributed by atoms with Gasteiger partial charge in [0.25, 0.3) is 0 Å². The quantitative estimate of drug-likeness (QED) is 0.809. The van der Waals surface area contributed by atoms with Crippen molar-refractivity contribution in [3.05, 3.63) is 32.8 Å². The first-order valence-electron chi connectivity index (χ1n) is 6.03. The fourth-order valence-corrected chi connectivity index (χ4v) is 2.80. The second-order valence-corrected chi connectivity index (χ2v) is 6.38. The summed E-state index contributed by atoms with van der Waals surface area (Å²) in [6.07, 6.45) is 1.13. The van der Waals surface area contributed by atoms with Crippen LogP contribution in [0.4, 0.5) is 0 Å². The van der Waals surface area contributed by atoms with Gasteiger partial charge in [0.05, 0.1) is 6.04 Å². The Balaban J connectivity index is 2.12. The van der Waals surface area contributed by atoms with Crippen molar-refractivity contribution in [2.45, 2.75) is 26.3 Å². The zero-order chi connectivity index (χ0) is 13.0. The highest BCUT2D eigenvalue weighted by molar-refractivity contribution is 14.1. The third kappa shape index (κ3) is 3.49. The maximum absolute atomic E-state index is 4.27. The predicted octanol–water partition coefficient (Wildman–Crippen LogP) is 3.87. The van der Waals surface area contributed by atoms with Crippen molar-refractivity contribution in [1.82, 2.24) is 15.5 Å². The molecule has 0 bridgehead atoms. The van der Waals surface area contributed by atoms with E-state index in [0.717, 1.165) is 28.5 Å². The van der Waals surface area contributed by atoms with Crippen LogP contribution in [0, 0.1) is 3.57 Å². The topological polar surface area (TPSA) is 37.8 Å². The number of aromatic nitrogens is 2. The Hall–Kier alpha value is -0.530. The van der Waals surface area contributed by atoms with Gasteiger partial charge in [0, 0.05) is 9.13 Å². The van der Waals surface area contributed by atoms with Crippen LogP contribution in [0.25, 0.3) is 10.6 Å². The summed E-state index contributed by atoms with van der Waals surface area (Å²) < 4.78 is 1.24. The molecular weight excluding hydrogens is 357 g/mol. The van der Waals surface area contributed by atoms with Gasteiger partial charge in [-0.05, 0) is 54.6 Å². The highest BCUT2D eigenvalue weighted by Crippen LogP contribution is 2.27. The largest absolute Gasteiger partial charge is 0.308 e. The highest BCUT2D eigenvalue weighted by atomic mass is 127. The average molecular weight is 373 g/mol. The Morgan fingerprint density at radius 3 is 2.67 bits per heavy atom. The van der Waals surface area contributed by atoms with Gasteiger partial charge in [0.2, 0.25) is 0 Å². The molecule has 96 valence electrons. The molecule has 0 amide bonds. The first-order chi connectivity index (χ1) is 8.70. The van der Waals surface area contributed by atoms with Crippen LogP contribution in [-0.4, -0.2) is 16.7 Å². The minimum absolute atomic E-state index is 0.278. The SMILES string of the molecule is CCCNC(C)c1nnc(-c2ccc(I)cc2)s1. The predicted molar refractivity (Wildman–Crippen MR) is 84.8 cm³/mol. The fraction of sp³-hybridized carbons (Fsp3) is 0.385. The van der Waals surface area contributed by atoms with E-state index in [1.807, 2.05) is 0 Å². The molecule has 1 atom stereocenters. The molecule has 1 heterocycles. The van der Waals surface area contributed by atoms with Crippen LogP contribution in [0.2, 0.25) is 0 Å². The second-order valence-electron chi connectivity index (χ2n) is 4.13. The van der Waals surface area contributed by atoms with Gasteiger partial charge in [-0.2, -0.15) is 0 Å². The molecule has 0 fully saturated rings. The third-order valence-electron chi connectivity index (χ3n) is 2.60. The number of nitrogens with zero attached hydrogens (tertiary/aromatic N) is 2. The summed E-state index contributed by atoms with van der Waals surface area (Å²) in [5.41, 5.74) is 1.14. The van der Waals surface area contributed by atoms with E-state index >= 15 is 0 Å². The molecule has 0 spiro atoms. The van der Waals surface area contributed by atoms with Gasteiger partial charge in [-0.1, -0.05) is 30.4 Å². The minimum Gasteiger partial charge on any atom is -0.308 e. The van der Waals surface area contributed by atoms with Crippen LogP contribution in [0.15, 0.2) is 24.3 Å². The molecule has 1 N–H and O–H groups in total. The van der Waals surface area contributed by atoms with E-state index in [1.54, 1.807) is 11.3 Å². The van der Waals surface area contributed by atoms with Gasteiger partial charge in [-0.15, -0.1) is 10.2 Å². The van der Waals surface area contributed by atoms with Crippen molar-refractivity contribution in [2.24, 2.45) is 0 Å². The van der Waals surface area contributed by atoms with Crippen LogP contribution in [0.5, 0.6) is 0 Å². The summed E-state index contributed by atoms with van der Waals surface area (Å²) in [5.74, 6) is 0. The molecule has 1 aromatic carbocycles.